The summed E-state index contributed by atoms with van der Waals surface area (Å²) >= 11 is 0. The number of amides is 1. The molecule has 164 valence electrons. The van der Waals surface area contributed by atoms with Crippen LogP contribution in [0.15, 0.2) is 0 Å². The van der Waals surface area contributed by atoms with Crippen LogP contribution in [-0.4, -0.2) is 110 Å². The zero-order valence-electron chi connectivity index (χ0n) is 16.2. The number of rotatable bonds is 8. The molecule has 1 aliphatic heterocycles. The fourth-order valence-corrected chi connectivity index (χ4v) is 1.54. The molecule has 12 nitrogen and oxygen atoms in total. The predicted molar refractivity (Wildman–Crippen MR) is 94.9 cm³/mol. The molecule has 1 amide bonds. The summed E-state index contributed by atoms with van der Waals surface area (Å²) in [6.45, 7) is 5.73. The van der Waals surface area contributed by atoms with Crippen molar-refractivity contribution in [3.05, 3.63) is 0 Å². The van der Waals surface area contributed by atoms with Crippen LogP contribution in [0.25, 0.3) is 0 Å². The maximum absolute atomic E-state index is 10.9. The van der Waals surface area contributed by atoms with Gasteiger partial charge in [-0.05, 0) is 13.8 Å². The first kappa shape index (κ1) is 27.9. The van der Waals surface area contributed by atoms with Crippen molar-refractivity contribution in [1.29, 1.82) is 0 Å². The number of esters is 3. The highest BCUT2D eigenvalue weighted by atomic mass is 16.6. The number of cyclic esters (lactones) is 1. The van der Waals surface area contributed by atoms with Gasteiger partial charge in [-0.2, -0.15) is 0 Å². The summed E-state index contributed by atoms with van der Waals surface area (Å²) in [5.41, 5.74) is 0. The minimum absolute atomic E-state index is 0.126. The molecule has 0 aromatic rings. The number of carbonyl (C=O) groups excluding carboxylic acids is 4. The molecule has 1 aliphatic rings. The average molecular weight is 410 g/mol. The Hall–Kier alpha value is -2.28. The molecule has 28 heavy (non-hydrogen) atoms. The van der Waals surface area contributed by atoms with Crippen LogP contribution in [-0.2, 0) is 33.4 Å². The summed E-state index contributed by atoms with van der Waals surface area (Å²) in [5, 5.41) is 27.6. The molecule has 0 bridgehead atoms. The van der Waals surface area contributed by atoms with Crippen LogP contribution >= 0.6 is 0 Å². The second-order valence-corrected chi connectivity index (χ2v) is 4.79. The van der Waals surface area contributed by atoms with Crippen molar-refractivity contribution in [2.75, 3.05) is 65.8 Å². The maximum atomic E-state index is 10.9. The molecule has 1 saturated heterocycles. The van der Waals surface area contributed by atoms with Crippen LogP contribution in [0.5, 0.6) is 0 Å². The molecule has 0 atom stereocenters. The highest BCUT2D eigenvalue weighted by Crippen LogP contribution is 1.98. The van der Waals surface area contributed by atoms with Gasteiger partial charge >= 0.3 is 23.8 Å². The van der Waals surface area contributed by atoms with E-state index < -0.39 is 23.8 Å². The smallest absolute Gasteiger partial charge is 0.417 e. The first-order valence-electron chi connectivity index (χ1n) is 8.72. The Bertz CT molecular complexity index is 437. The van der Waals surface area contributed by atoms with E-state index in [1.165, 1.54) is 4.90 Å². The van der Waals surface area contributed by atoms with Crippen molar-refractivity contribution < 1.29 is 48.7 Å². The van der Waals surface area contributed by atoms with Crippen LogP contribution in [0.4, 0.5) is 0 Å². The van der Waals surface area contributed by atoms with E-state index in [1.807, 2.05) is 0 Å². The molecule has 12 heteroatoms. The highest BCUT2D eigenvalue weighted by molar-refractivity contribution is 6.32. The fraction of sp³-hybridized carbons (Fsp3) is 0.750. The third-order valence-corrected chi connectivity index (χ3v) is 2.72. The summed E-state index contributed by atoms with van der Waals surface area (Å²) in [4.78, 5) is 43.6. The van der Waals surface area contributed by atoms with E-state index in [2.05, 4.69) is 19.5 Å². The van der Waals surface area contributed by atoms with Crippen molar-refractivity contribution in [2.45, 2.75) is 13.8 Å². The third-order valence-electron chi connectivity index (χ3n) is 2.72. The molecule has 1 heterocycles. The summed E-state index contributed by atoms with van der Waals surface area (Å²) in [6.07, 6.45) is 0. The van der Waals surface area contributed by atoms with Crippen LogP contribution in [0, 0.1) is 0 Å². The molecule has 0 saturated carbocycles. The lowest BCUT2D eigenvalue weighted by Crippen LogP contribution is -2.46. The fourth-order valence-electron chi connectivity index (χ4n) is 1.54. The van der Waals surface area contributed by atoms with Gasteiger partial charge in [-0.15, -0.1) is 0 Å². The molecular formula is C16H30N2O10. The molecule has 0 aromatic heterocycles. The van der Waals surface area contributed by atoms with E-state index in [4.69, 9.17) is 15.3 Å². The summed E-state index contributed by atoms with van der Waals surface area (Å²) in [6, 6.07) is 0. The molecule has 0 aromatic carbocycles. The second kappa shape index (κ2) is 19.5. The van der Waals surface area contributed by atoms with Crippen LogP contribution in [0.1, 0.15) is 13.8 Å². The summed E-state index contributed by atoms with van der Waals surface area (Å²) in [5.74, 6) is -3.34. The van der Waals surface area contributed by atoms with E-state index in [9.17, 15) is 19.2 Å². The zero-order chi connectivity index (χ0) is 21.8. The predicted octanol–water partition coefficient (Wildman–Crippen LogP) is -2.96. The van der Waals surface area contributed by atoms with Gasteiger partial charge in [0, 0.05) is 19.6 Å². The lowest BCUT2D eigenvalue weighted by Gasteiger charge is -2.24. The van der Waals surface area contributed by atoms with E-state index >= 15 is 0 Å². The zero-order valence-corrected chi connectivity index (χ0v) is 16.2. The second-order valence-electron chi connectivity index (χ2n) is 4.79. The van der Waals surface area contributed by atoms with Crippen molar-refractivity contribution in [1.82, 2.24) is 10.2 Å². The minimum atomic E-state index is -0.927. The number of nitrogens with zero attached hydrogens (tertiary/aromatic N) is 1. The van der Waals surface area contributed by atoms with Crippen LogP contribution in [0.3, 0.4) is 0 Å². The van der Waals surface area contributed by atoms with Gasteiger partial charge in [0.2, 0.25) is 0 Å². The topological polar surface area (TPSA) is 172 Å². The van der Waals surface area contributed by atoms with E-state index in [0.717, 1.165) is 0 Å². The van der Waals surface area contributed by atoms with Crippen LogP contribution < -0.4 is 5.32 Å². The first-order valence-corrected chi connectivity index (χ1v) is 8.72. The third kappa shape index (κ3) is 14.8. The van der Waals surface area contributed by atoms with Crippen molar-refractivity contribution in [2.24, 2.45) is 0 Å². The van der Waals surface area contributed by atoms with Gasteiger partial charge in [0.25, 0.3) is 0 Å². The molecular weight excluding hydrogens is 380 g/mol. The largest absolute Gasteiger partial charge is 0.458 e. The van der Waals surface area contributed by atoms with Crippen molar-refractivity contribution in [3.63, 3.8) is 0 Å². The van der Waals surface area contributed by atoms with Gasteiger partial charge in [0.15, 0.2) is 0 Å². The molecule has 0 aliphatic carbocycles. The molecule has 0 spiro atoms. The van der Waals surface area contributed by atoms with Crippen molar-refractivity contribution in [3.8, 4) is 0 Å². The number of nitrogens with one attached hydrogen (secondary N) is 1. The minimum Gasteiger partial charge on any atom is -0.458 e. The number of hydrogen-bond donors (Lipinski definition) is 4. The monoisotopic (exact) mass is 410 g/mol. The van der Waals surface area contributed by atoms with E-state index in [-0.39, 0.29) is 46.2 Å². The summed E-state index contributed by atoms with van der Waals surface area (Å²) < 4.78 is 13.1. The number of aliphatic hydroxyl groups excluding tert-OH is 3. The Balaban J connectivity index is 0. The SMILES string of the molecule is CCOC(=O)C(=O)OCC.O=C1OCCN(CCO)C1=O.OCCNCCO. The number of β-amino-alcohol motifs (C(OH)–C–C–N with tert-alkyl or cyclic N) is 1. The van der Waals surface area contributed by atoms with Gasteiger partial charge < -0.3 is 39.7 Å². The Labute approximate surface area is 163 Å². The Morgan fingerprint density at radius 1 is 1.00 bits per heavy atom. The number of morpholine rings is 1. The highest BCUT2D eigenvalue weighted by Gasteiger charge is 2.27. The van der Waals surface area contributed by atoms with Gasteiger partial charge in [-0.3, -0.25) is 4.79 Å². The maximum Gasteiger partial charge on any atom is 0.417 e. The Morgan fingerprint density at radius 3 is 1.89 bits per heavy atom. The standard InChI is InChI=1S/C6H9NO4.C6H10O4.C4H11NO2/c8-3-1-7-2-4-11-6(10)5(7)9;1-3-9-5(7)6(8)10-4-2;6-3-1-5-2-4-7/h8H,1-4H2;3-4H2,1-2H3;5-7H,1-4H2. The van der Waals surface area contributed by atoms with Gasteiger partial charge in [0.05, 0.1) is 39.6 Å². The first-order chi connectivity index (χ1) is 13.4. The van der Waals surface area contributed by atoms with Gasteiger partial charge in [0.1, 0.15) is 6.61 Å². The number of hydrogen-bond acceptors (Lipinski definition) is 11. The molecule has 1 rings (SSSR count). The number of carbonyl (C=O) groups is 4. The Morgan fingerprint density at radius 2 is 1.50 bits per heavy atom. The van der Waals surface area contributed by atoms with Crippen molar-refractivity contribution >= 4 is 23.8 Å². The molecule has 0 unspecified atom stereocenters. The average Bonchev–Trinajstić information content (AvgIpc) is 2.67. The molecule has 0 radical (unpaired) electrons. The summed E-state index contributed by atoms with van der Waals surface area (Å²) in [7, 11) is 0. The number of ether oxygens (including phenoxy) is 3. The van der Waals surface area contributed by atoms with E-state index in [0.29, 0.717) is 19.6 Å². The van der Waals surface area contributed by atoms with Crippen LogP contribution in [0.2, 0.25) is 0 Å². The molecule has 4 N–H and O–H groups in total. The van der Waals surface area contributed by atoms with E-state index in [1.54, 1.807) is 13.8 Å². The van der Waals surface area contributed by atoms with Gasteiger partial charge in [-0.25, -0.2) is 14.4 Å². The normalized spacial score (nSPS) is 12.7. The quantitative estimate of drug-likeness (QED) is 0.139. The lowest BCUT2D eigenvalue weighted by molar-refractivity contribution is -0.167. The van der Waals surface area contributed by atoms with Gasteiger partial charge in [-0.1, -0.05) is 0 Å². The lowest BCUT2D eigenvalue weighted by atomic mass is 10.4. The number of aliphatic hydroxyl groups is 3. The Kier molecular flexibility index (Phi) is 19.4. The molecule has 1 fully saturated rings.